The van der Waals surface area contributed by atoms with E-state index in [0.29, 0.717) is 22.9 Å². The van der Waals surface area contributed by atoms with Crippen LogP contribution in [0.2, 0.25) is 0 Å². The predicted octanol–water partition coefficient (Wildman–Crippen LogP) is 3.32. The molecule has 0 unspecified atom stereocenters. The highest BCUT2D eigenvalue weighted by Crippen LogP contribution is 2.29. The van der Waals surface area contributed by atoms with E-state index in [4.69, 9.17) is 14.2 Å². The summed E-state index contributed by atoms with van der Waals surface area (Å²) in [7, 11) is 0.464. The number of benzene rings is 3. The Hall–Kier alpha value is -4.05. The van der Waals surface area contributed by atoms with Gasteiger partial charge in [0, 0.05) is 13.1 Å². The zero-order valence-corrected chi connectivity index (χ0v) is 19.7. The second-order valence-electron chi connectivity index (χ2n) is 7.03. The smallest absolute Gasteiger partial charge is 0.338 e. The number of para-hydroxylation sites is 1. The van der Waals surface area contributed by atoms with Crippen LogP contribution in [0.5, 0.6) is 11.5 Å². The Labute approximate surface area is 197 Å². The maximum atomic E-state index is 13.0. The number of hydrogen-bond acceptors (Lipinski definition) is 7. The quantitative estimate of drug-likeness (QED) is 0.464. The largest absolute Gasteiger partial charge is 0.497 e. The van der Waals surface area contributed by atoms with E-state index >= 15 is 0 Å². The summed E-state index contributed by atoms with van der Waals surface area (Å²) in [4.78, 5) is 24.7. The number of nitrogens with one attached hydrogen (secondary N) is 1. The summed E-state index contributed by atoms with van der Waals surface area (Å²) in [5.41, 5.74) is 0.847. The van der Waals surface area contributed by atoms with Crippen molar-refractivity contribution in [2.24, 2.45) is 0 Å². The van der Waals surface area contributed by atoms with Gasteiger partial charge < -0.3 is 19.5 Å². The van der Waals surface area contributed by atoms with Crippen molar-refractivity contribution in [1.82, 2.24) is 0 Å². The van der Waals surface area contributed by atoms with E-state index in [1.807, 2.05) is 0 Å². The number of hydrogen-bond donors (Lipinski definition) is 1. The average Bonchev–Trinajstić information content (AvgIpc) is 2.87. The minimum atomic E-state index is -3.91. The van der Waals surface area contributed by atoms with Crippen molar-refractivity contribution in [2.75, 3.05) is 37.5 Å². The molecule has 0 spiro atoms. The van der Waals surface area contributed by atoms with Crippen molar-refractivity contribution in [2.45, 2.75) is 4.90 Å². The van der Waals surface area contributed by atoms with Crippen molar-refractivity contribution in [3.63, 3.8) is 0 Å². The van der Waals surface area contributed by atoms with Gasteiger partial charge in [0.25, 0.3) is 15.9 Å². The molecule has 0 aliphatic heterocycles. The SMILES string of the molecule is COc1ccc(NC(=O)COC(=O)c2cccc(S(=O)(=O)N(C)c3ccccc3)c2)c(OC)c1. The molecule has 0 saturated heterocycles. The van der Waals surface area contributed by atoms with Crippen LogP contribution in [0.15, 0.2) is 77.7 Å². The van der Waals surface area contributed by atoms with Gasteiger partial charge in [0.15, 0.2) is 6.61 Å². The molecule has 0 aromatic heterocycles. The van der Waals surface area contributed by atoms with E-state index in [0.717, 1.165) is 4.31 Å². The number of carbonyl (C=O) groups excluding carboxylic acids is 2. The Morgan fingerprint density at radius 2 is 1.65 bits per heavy atom. The fourth-order valence-electron chi connectivity index (χ4n) is 3.02. The van der Waals surface area contributed by atoms with Gasteiger partial charge in [-0.25, -0.2) is 13.2 Å². The van der Waals surface area contributed by atoms with E-state index in [1.54, 1.807) is 48.5 Å². The van der Waals surface area contributed by atoms with Gasteiger partial charge in [-0.3, -0.25) is 9.10 Å². The summed E-state index contributed by atoms with van der Waals surface area (Å²) < 4.78 is 42.5. The minimum Gasteiger partial charge on any atom is -0.497 e. The predicted molar refractivity (Wildman–Crippen MR) is 127 cm³/mol. The van der Waals surface area contributed by atoms with Crippen LogP contribution in [0, 0.1) is 0 Å². The van der Waals surface area contributed by atoms with Gasteiger partial charge >= 0.3 is 5.97 Å². The van der Waals surface area contributed by atoms with Crippen molar-refractivity contribution < 1.29 is 32.2 Å². The second-order valence-corrected chi connectivity index (χ2v) is 9.00. The summed E-state index contributed by atoms with van der Waals surface area (Å²) in [6.45, 7) is -0.574. The van der Waals surface area contributed by atoms with Crippen molar-refractivity contribution in [3.8, 4) is 11.5 Å². The summed E-state index contributed by atoms with van der Waals surface area (Å²) in [6, 6.07) is 18.8. The Kier molecular flexibility index (Phi) is 7.75. The highest BCUT2D eigenvalue weighted by Gasteiger charge is 2.23. The number of rotatable bonds is 9. The summed E-state index contributed by atoms with van der Waals surface area (Å²) >= 11 is 0. The monoisotopic (exact) mass is 484 g/mol. The highest BCUT2D eigenvalue weighted by molar-refractivity contribution is 7.92. The fraction of sp³-hybridized carbons (Fsp3) is 0.167. The van der Waals surface area contributed by atoms with Crippen molar-refractivity contribution in [1.29, 1.82) is 0 Å². The third-order valence-electron chi connectivity index (χ3n) is 4.87. The standard InChI is InChI=1S/C24H24N2O7S/c1-26(18-9-5-4-6-10-18)34(29,30)20-11-7-8-17(14-20)24(28)33-16-23(27)25-21-13-12-19(31-2)15-22(21)32-3/h4-15H,16H2,1-3H3,(H,25,27). The van der Waals surface area contributed by atoms with Crippen LogP contribution < -0.4 is 19.1 Å². The molecule has 0 bridgehead atoms. The van der Waals surface area contributed by atoms with Gasteiger partial charge in [-0.15, -0.1) is 0 Å². The molecule has 0 radical (unpaired) electrons. The third kappa shape index (κ3) is 5.65. The van der Waals surface area contributed by atoms with Crippen LogP contribution in [0.1, 0.15) is 10.4 Å². The molecule has 0 aliphatic rings. The zero-order valence-electron chi connectivity index (χ0n) is 18.8. The van der Waals surface area contributed by atoms with Crippen LogP contribution in [-0.2, 0) is 19.6 Å². The molecule has 3 aromatic carbocycles. The lowest BCUT2D eigenvalue weighted by atomic mass is 10.2. The van der Waals surface area contributed by atoms with E-state index in [1.165, 1.54) is 45.5 Å². The van der Waals surface area contributed by atoms with Gasteiger partial charge in [0.2, 0.25) is 0 Å². The number of carbonyl (C=O) groups is 2. The lowest BCUT2D eigenvalue weighted by molar-refractivity contribution is -0.119. The molecule has 1 amide bonds. The second kappa shape index (κ2) is 10.7. The maximum absolute atomic E-state index is 13.0. The Morgan fingerprint density at radius 3 is 2.32 bits per heavy atom. The first kappa shape index (κ1) is 24.6. The van der Waals surface area contributed by atoms with E-state index in [9.17, 15) is 18.0 Å². The molecular weight excluding hydrogens is 460 g/mol. The molecule has 0 heterocycles. The fourth-order valence-corrected chi connectivity index (χ4v) is 4.26. The topological polar surface area (TPSA) is 111 Å². The van der Waals surface area contributed by atoms with Gasteiger partial charge in [-0.05, 0) is 42.5 Å². The Morgan fingerprint density at radius 1 is 0.912 bits per heavy atom. The highest BCUT2D eigenvalue weighted by atomic mass is 32.2. The van der Waals surface area contributed by atoms with Gasteiger partial charge in [0.05, 0.1) is 36.1 Å². The molecule has 0 atom stereocenters. The first-order chi connectivity index (χ1) is 16.3. The normalized spacial score (nSPS) is 10.8. The van der Waals surface area contributed by atoms with E-state index in [2.05, 4.69) is 5.32 Å². The number of nitrogens with zero attached hydrogens (tertiary/aromatic N) is 1. The van der Waals surface area contributed by atoms with Gasteiger partial charge in [-0.1, -0.05) is 24.3 Å². The summed E-state index contributed by atoms with van der Waals surface area (Å²) in [6.07, 6.45) is 0. The molecule has 0 saturated carbocycles. The molecular formula is C24H24N2O7S. The van der Waals surface area contributed by atoms with E-state index < -0.39 is 28.5 Å². The van der Waals surface area contributed by atoms with E-state index in [-0.39, 0.29) is 10.5 Å². The first-order valence-corrected chi connectivity index (χ1v) is 11.5. The third-order valence-corrected chi connectivity index (χ3v) is 6.65. The molecule has 9 nitrogen and oxygen atoms in total. The van der Waals surface area contributed by atoms with Crippen LogP contribution >= 0.6 is 0 Å². The van der Waals surface area contributed by atoms with Gasteiger partial charge in [0.1, 0.15) is 11.5 Å². The molecule has 3 aromatic rings. The Balaban J connectivity index is 1.67. The summed E-state index contributed by atoms with van der Waals surface area (Å²) in [5, 5.41) is 2.59. The minimum absolute atomic E-state index is 0.00244. The molecule has 1 N–H and O–H groups in total. The Bertz CT molecular complexity index is 1280. The maximum Gasteiger partial charge on any atom is 0.338 e. The van der Waals surface area contributed by atoms with Crippen LogP contribution in [0.25, 0.3) is 0 Å². The van der Waals surface area contributed by atoms with Gasteiger partial charge in [-0.2, -0.15) is 0 Å². The molecule has 10 heteroatoms. The molecule has 178 valence electrons. The number of ether oxygens (including phenoxy) is 3. The number of amides is 1. The first-order valence-electron chi connectivity index (χ1n) is 10.1. The van der Waals surface area contributed by atoms with Crippen LogP contribution in [-0.4, -0.2) is 48.2 Å². The average molecular weight is 485 g/mol. The molecule has 3 rings (SSSR count). The lowest BCUT2D eigenvalue weighted by Gasteiger charge is -2.19. The number of sulfonamides is 1. The zero-order chi connectivity index (χ0) is 24.7. The van der Waals surface area contributed by atoms with Crippen molar-refractivity contribution >= 4 is 33.3 Å². The number of esters is 1. The lowest BCUT2D eigenvalue weighted by Crippen LogP contribution is -2.26. The summed E-state index contributed by atoms with van der Waals surface area (Å²) in [5.74, 6) is -0.505. The molecule has 0 aliphatic carbocycles. The molecule has 0 fully saturated rings. The van der Waals surface area contributed by atoms with Crippen molar-refractivity contribution in [3.05, 3.63) is 78.4 Å². The number of anilines is 2. The van der Waals surface area contributed by atoms with Crippen LogP contribution in [0.3, 0.4) is 0 Å². The van der Waals surface area contributed by atoms with Crippen LogP contribution in [0.4, 0.5) is 11.4 Å². The molecule has 34 heavy (non-hydrogen) atoms. The number of methoxy groups -OCH3 is 2.